The molecule has 0 aromatic carbocycles. The maximum atomic E-state index is 13.4. The van der Waals surface area contributed by atoms with E-state index in [9.17, 15) is 8.78 Å². The van der Waals surface area contributed by atoms with Crippen molar-refractivity contribution >= 4 is 11.5 Å². The van der Waals surface area contributed by atoms with Gasteiger partial charge in [-0.1, -0.05) is 11.2 Å². The van der Waals surface area contributed by atoms with Crippen LogP contribution in [0.1, 0.15) is 59.9 Å². The molecule has 5 heterocycles. The number of anilines is 1. The fourth-order valence-electron chi connectivity index (χ4n) is 3.97. The van der Waals surface area contributed by atoms with E-state index < -0.39 is 12.5 Å². The Hall–Kier alpha value is -3.30. The van der Waals surface area contributed by atoms with Crippen LogP contribution in [0.3, 0.4) is 0 Å². The first-order chi connectivity index (χ1) is 14.2. The minimum absolute atomic E-state index is 0.146. The van der Waals surface area contributed by atoms with E-state index in [0.717, 1.165) is 30.7 Å². The van der Waals surface area contributed by atoms with E-state index in [2.05, 4.69) is 25.3 Å². The van der Waals surface area contributed by atoms with Crippen LogP contribution < -0.4 is 4.90 Å². The first-order valence-corrected chi connectivity index (χ1v) is 9.58. The normalized spacial score (nSPS) is 19.3. The molecule has 0 saturated heterocycles. The predicted molar refractivity (Wildman–Crippen MR) is 97.9 cm³/mol. The molecule has 1 unspecified atom stereocenters. The lowest BCUT2D eigenvalue weighted by atomic mass is 10.0. The number of hydrogen-bond donors (Lipinski definition) is 1. The summed E-state index contributed by atoms with van der Waals surface area (Å²) in [5.41, 5.74) is 2.86. The second kappa shape index (κ2) is 6.10. The van der Waals surface area contributed by atoms with Gasteiger partial charge in [0.1, 0.15) is 11.7 Å². The molecule has 6 rings (SSSR count). The molecular formula is C19H17F2N7O. The monoisotopic (exact) mass is 397 g/mol. The summed E-state index contributed by atoms with van der Waals surface area (Å²) < 4.78 is 34.1. The fourth-order valence-corrected chi connectivity index (χ4v) is 3.97. The number of fused-ring (bicyclic) bond motifs is 2. The van der Waals surface area contributed by atoms with Crippen molar-refractivity contribution < 1.29 is 13.2 Å². The van der Waals surface area contributed by atoms with E-state index in [1.807, 2.05) is 11.0 Å². The molecule has 1 saturated carbocycles. The number of aromatic nitrogens is 6. The highest BCUT2D eigenvalue weighted by atomic mass is 19.3. The van der Waals surface area contributed by atoms with Crippen LogP contribution in [-0.4, -0.2) is 36.3 Å². The van der Waals surface area contributed by atoms with Crippen molar-refractivity contribution in [2.45, 2.75) is 37.6 Å². The third-order valence-corrected chi connectivity index (χ3v) is 5.57. The summed E-state index contributed by atoms with van der Waals surface area (Å²) in [6.45, 7) is 0.627. The van der Waals surface area contributed by atoms with Crippen LogP contribution >= 0.6 is 0 Å². The predicted octanol–water partition coefficient (Wildman–Crippen LogP) is 3.41. The summed E-state index contributed by atoms with van der Waals surface area (Å²) in [7, 11) is 0. The molecule has 0 bridgehead atoms. The quantitative estimate of drug-likeness (QED) is 0.568. The van der Waals surface area contributed by atoms with E-state index in [0.29, 0.717) is 35.6 Å². The molecule has 1 atom stereocenters. The van der Waals surface area contributed by atoms with Crippen LogP contribution in [0, 0.1) is 0 Å². The van der Waals surface area contributed by atoms with Crippen molar-refractivity contribution in [3.05, 3.63) is 59.3 Å². The van der Waals surface area contributed by atoms with E-state index in [1.54, 1.807) is 18.5 Å². The fraction of sp³-hybridized carbons (Fsp3) is 0.368. The summed E-state index contributed by atoms with van der Waals surface area (Å²) >= 11 is 0. The second-order valence-corrected chi connectivity index (χ2v) is 7.47. The minimum atomic E-state index is -2.62. The molecule has 8 nitrogen and oxygen atoms in total. The molecule has 0 radical (unpaired) electrons. The van der Waals surface area contributed by atoms with Crippen LogP contribution in [0.15, 0.2) is 35.0 Å². The summed E-state index contributed by atoms with van der Waals surface area (Å²) in [6.07, 6.45) is 1.90. The molecule has 4 aromatic heterocycles. The Bertz CT molecular complexity index is 1190. The highest BCUT2D eigenvalue weighted by Gasteiger charge is 2.37. The number of H-pyrrole nitrogens is 1. The molecule has 1 fully saturated rings. The van der Waals surface area contributed by atoms with E-state index in [4.69, 9.17) is 4.42 Å². The molecule has 0 spiro atoms. The summed E-state index contributed by atoms with van der Waals surface area (Å²) in [6, 6.07) is 6.58. The van der Waals surface area contributed by atoms with Crippen LogP contribution in [0.25, 0.3) is 5.52 Å². The van der Waals surface area contributed by atoms with Gasteiger partial charge < -0.3 is 14.3 Å². The number of halogens is 2. The number of aromatic amines is 1. The lowest BCUT2D eigenvalue weighted by Crippen LogP contribution is -2.37. The third-order valence-electron chi connectivity index (χ3n) is 5.57. The topological polar surface area (TPSA) is 88.1 Å². The van der Waals surface area contributed by atoms with Crippen LogP contribution in [0.5, 0.6) is 0 Å². The van der Waals surface area contributed by atoms with Gasteiger partial charge in [0.2, 0.25) is 5.89 Å². The SMILES string of the molecule is FC(F)c1cccc2cc(C3c4nc[nH]c4CCN3c3nnc(C4CC4)o3)nn12. The Kier molecular flexibility index (Phi) is 3.50. The molecule has 148 valence electrons. The average Bonchev–Trinajstić information content (AvgIpc) is 3.13. The number of imidazole rings is 1. The van der Waals surface area contributed by atoms with Gasteiger partial charge in [0, 0.05) is 24.6 Å². The van der Waals surface area contributed by atoms with Gasteiger partial charge in [-0.15, -0.1) is 5.10 Å². The van der Waals surface area contributed by atoms with Crippen molar-refractivity contribution in [2.24, 2.45) is 0 Å². The van der Waals surface area contributed by atoms with Crippen molar-refractivity contribution in [1.29, 1.82) is 0 Å². The highest BCUT2D eigenvalue weighted by Crippen LogP contribution is 2.42. The van der Waals surface area contributed by atoms with Crippen molar-refractivity contribution in [1.82, 2.24) is 29.8 Å². The lowest BCUT2D eigenvalue weighted by molar-refractivity contribution is 0.143. The summed E-state index contributed by atoms with van der Waals surface area (Å²) in [5, 5.41) is 13.0. The standard InChI is InChI=1S/C19H17F2N7O/c20-17(21)14-3-1-2-11-8-13(26-28(11)14)16-15-12(22-9-23-15)6-7-27(16)19-25-24-18(29-19)10-4-5-10/h1-3,8-10,16-17H,4-7H2,(H,22,23). The maximum Gasteiger partial charge on any atom is 0.319 e. The zero-order valence-electron chi connectivity index (χ0n) is 15.3. The van der Waals surface area contributed by atoms with Gasteiger partial charge in [-0.25, -0.2) is 18.3 Å². The van der Waals surface area contributed by atoms with Gasteiger partial charge in [-0.2, -0.15) is 5.10 Å². The van der Waals surface area contributed by atoms with Crippen molar-refractivity contribution in [3.63, 3.8) is 0 Å². The molecule has 1 N–H and O–H groups in total. The largest absolute Gasteiger partial charge is 0.408 e. The van der Waals surface area contributed by atoms with Gasteiger partial charge in [0.15, 0.2) is 0 Å². The number of nitrogens with zero attached hydrogens (tertiary/aromatic N) is 6. The first kappa shape index (κ1) is 16.6. The molecular weight excluding hydrogens is 380 g/mol. The molecule has 1 aliphatic carbocycles. The Labute approximate surface area is 163 Å². The molecule has 4 aromatic rings. The minimum Gasteiger partial charge on any atom is -0.408 e. The zero-order chi connectivity index (χ0) is 19.5. The molecule has 10 heteroatoms. The first-order valence-electron chi connectivity index (χ1n) is 9.58. The van der Waals surface area contributed by atoms with Gasteiger partial charge in [-0.3, -0.25) is 0 Å². The van der Waals surface area contributed by atoms with Crippen LogP contribution in [-0.2, 0) is 6.42 Å². The summed E-state index contributed by atoms with van der Waals surface area (Å²) in [5.74, 6) is 1.01. The molecule has 2 aliphatic rings. The van der Waals surface area contributed by atoms with Crippen molar-refractivity contribution in [3.8, 4) is 0 Å². The second-order valence-electron chi connectivity index (χ2n) is 7.47. The Morgan fingerprint density at radius 3 is 2.93 bits per heavy atom. The number of nitrogens with one attached hydrogen (secondary N) is 1. The zero-order valence-corrected chi connectivity index (χ0v) is 15.3. The van der Waals surface area contributed by atoms with E-state index in [1.165, 1.54) is 10.6 Å². The Balaban J connectivity index is 1.48. The van der Waals surface area contributed by atoms with Gasteiger partial charge in [-0.05, 0) is 31.0 Å². The molecule has 1 aliphatic heterocycles. The van der Waals surface area contributed by atoms with E-state index in [-0.39, 0.29) is 5.69 Å². The summed E-state index contributed by atoms with van der Waals surface area (Å²) in [4.78, 5) is 9.62. The van der Waals surface area contributed by atoms with Gasteiger partial charge >= 0.3 is 6.01 Å². The number of alkyl halides is 2. The van der Waals surface area contributed by atoms with Crippen LogP contribution in [0.4, 0.5) is 14.8 Å². The average molecular weight is 397 g/mol. The molecule has 29 heavy (non-hydrogen) atoms. The lowest BCUT2D eigenvalue weighted by Gasteiger charge is -2.32. The van der Waals surface area contributed by atoms with Gasteiger partial charge in [0.25, 0.3) is 6.43 Å². The Morgan fingerprint density at radius 1 is 1.21 bits per heavy atom. The number of hydrogen-bond acceptors (Lipinski definition) is 6. The highest BCUT2D eigenvalue weighted by molar-refractivity contribution is 5.53. The number of rotatable bonds is 4. The smallest absolute Gasteiger partial charge is 0.319 e. The van der Waals surface area contributed by atoms with Crippen LogP contribution in [0.2, 0.25) is 0 Å². The molecule has 0 amide bonds. The third kappa shape index (κ3) is 2.62. The number of pyridine rings is 1. The van der Waals surface area contributed by atoms with Crippen molar-refractivity contribution in [2.75, 3.05) is 11.4 Å². The maximum absolute atomic E-state index is 13.4. The van der Waals surface area contributed by atoms with E-state index >= 15 is 0 Å². The van der Waals surface area contributed by atoms with Gasteiger partial charge in [0.05, 0.1) is 23.2 Å². The Morgan fingerprint density at radius 2 is 2.10 bits per heavy atom.